The Kier molecular flexibility index (Phi) is 4.36. The molecule has 0 amide bonds. The molecule has 0 spiro atoms. The average molecular weight is 250 g/mol. The normalized spacial score (nSPS) is 26.4. The molecule has 1 aliphatic rings. The van der Waals surface area contributed by atoms with E-state index in [2.05, 4.69) is 18.7 Å². The number of likely N-dealkylation sites (tertiary alicyclic amines) is 1. The summed E-state index contributed by atoms with van der Waals surface area (Å²) < 4.78 is 13.6. The summed E-state index contributed by atoms with van der Waals surface area (Å²) in [4.78, 5) is 2.44. The van der Waals surface area contributed by atoms with Crippen LogP contribution >= 0.6 is 0 Å². The summed E-state index contributed by atoms with van der Waals surface area (Å²) in [5.74, 6) is 1.33. The van der Waals surface area contributed by atoms with Crippen LogP contribution in [0, 0.1) is 17.7 Å². The van der Waals surface area contributed by atoms with Crippen molar-refractivity contribution in [2.45, 2.75) is 26.3 Å². The Morgan fingerprint density at radius 3 is 2.50 bits per heavy atom. The van der Waals surface area contributed by atoms with Gasteiger partial charge in [0, 0.05) is 24.7 Å². The van der Waals surface area contributed by atoms with Crippen molar-refractivity contribution < 1.29 is 4.39 Å². The number of nitrogens with two attached hydrogens (primary N) is 1. The molecule has 1 aliphatic heterocycles. The summed E-state index contributed by atoms with van der Waals surface area (Å²) in [5.41, 5.74) is 6.71. The Hall–Kier alpha value is -0.930. The fourth-order valence-corrected chi connectivity index (χ4v) is 2.68. The van der Waals surface area contributed by atoms with Gasteiger partial charge in [0.1, 0.15) is 5.82 Å². The molecule has 2 rings (SSSR count). The fraction of sp³-hybridized carbons (Fsp3) is 0.600. The maximum Gasteiger partial charge on any atom is 0.127 e. The number of halogens is 1. The van der Waals surface area contributed by atoms with E-state index in [0.717, 1.165) is 37.9 Å². The predicted octanol–water partition coefficient (Wildman–Crippen LogP) is 2.80. The van der Waals surface area contributed by atoms with Crippen molar-refractivity contribution >= 4 is 0 Å². The molecule has 1 saturated heterocycles. The summed E-state index contributed by atoms with van der Waals surface area (Å²) in [7, 11) is 0. The van der Waals surface area contributed by atoms with Gasteiger partial charge >= 0.3 is 0 Å². The smallest absolute Gasteiger partial charge is 0.127 e. The number of hydrogen-bond donors (Lipinski definition) is 1. The van der Waals surface area contributed by atoms with Crippen molar-refractivity contribution in [3.05, 3.63) is 35.6 Å². The molecule has 3 unspecified atom stereocenters. The first-order chi connectivity index (χ1) is 8.58. The SMILES string of the molecule is CC1CN(CCC(N)c2ccccc2F)CC1C. The number of nitrogens with zero attached hydrogens (tertiary/aromatic N) is 1. The second-order valence-electron chi connectivity index (χ2n) is 5.63. The van der Waals surface area contributed by atoms with Gasteiger partial charge in [0.25, 0.3) is 0 Å². The lowest BCUT2D eigenvalue weighted by molar-refractivity contribution is 0.308. The second kappa shape index (κ2) is 5.81. The molecule has 100 valence electrons. The Labute approximate surface area is 109 Å². The van der Waals surface area contributed by atoms with Gasteiger partial charge in [-0.15, -0.1) is 0 Å². The Balaban J connectivity index is 1.86. The van der Waals surface area contributed by atoms with Crippen molar-refractivity contribution in [3.8, 4) is 0 Å². The minimum Gasteiger partial charge on any atom is -0.324 e. The van der Waals surface area contributed by atoms with Gasteiger partial charge < -0.3 is 10.6 Å². The van der Waals surface area contributed by atoms with E-state index in [0.29, 0.717) is 5.56 Å². The van der Waals surface area contributed by atoms with Crippen LogP contribution in [0.3, 0.4) is 0 Å². The van der Waals surface area contributed by atoms with Crippen molar-refractivity contribution in [1.29, 1.82) is 0 Å². The van der Waals surface area contributed by atoms with Crippen LogP contribution in [0.15, 0.2) is 24.3 Å². The summed E-state index contributed by atoms with van der Waals surface area (Å²) >= 11 is 0. The molecule has 0 radical (unpaired) electrons. The van der Waals surface area contributed by atoms with Crippen molar-refractivity contribution in [2.24, 2.45) is 17.6 Å². The van der Waals surface area contributed by atoms with Crippen molar-refractivity contribution in [3.63, 3.8) is 0 Å². The van der Waals surface area contributed by atoms with Crippen LogP contribution in [0.25, 0.3) is 0 Å². The van der Waals surface area contributed by atoms with Crippen molar-refractivity contribution in [2.75, 3.05) is 19.6 Å². The molecule has 3 atom stereocenters. The molecule has 3 heteroatoms. The van der Waals surface area contributed by atoms with Crippen LogP contribution in [-0.4, -0.2) is 24.5 Å². The highest BCUT2D eigenvalue weighted by molar-refractivity contribution is 5.20. The van der Waals surface area contributed by atoms with Gasteiger partial charge in [0.05, 0.1) is 0 Å². The van der Waals surface area contributed by atoms with E-state index in [4.69, 9.17) is 5.73 Å². The summed E-state index contributed by atoms with van der Waals surface area (Å²) in [6.07, 6.45) is 0.820. The van der Waals surface area contributed by atoms with Gasteiger partial charge in [-0.3, -0.25) is 0 Å². The van der Waals surface area contributed by atoms with Crippen LogP contribution in [0.1, 0.15) is 31.9 Å². The molecule has 0 aromatic heterocycles. The summed E-state index contributed by atoms with van der Waals surface area (Å²) in [5, 5.41) is 0. The van der Waals surface area contributed by atoms with E-state index in [1.807, 2.05) is 6.07 Å². The maximum absolute atomic E-state index is 13.6. The first kappa shape index (κ1) is 13.5. The summed E-state index contributed by atoms with van der Waals surface area (Å²) in [6.45, 7) is 7.84. The lowest BCUT2D eigenvalue weighted by atomic mass is 10.0. The lowest BCUT2D eigenvalue weighted by Gasteiger charge is -2.19. The molecule has 0 aliphatic carbocycles. The first-order valence-corrected chi connectivity index (χ1v) is 6.80. The predicted molar refractivity (Wildman–Crippen MR) is 72.7 cm³/mol. The van der Waals surface area contributed by atoms with E-state index in [9.17, 15) is 4.39 Å². The molecule has 18 heavy (non-hydrogen) atoms. The van der Waals surface area contributed by atoms with Crippen LogP contribution < -0.4 is 5.73 Å². The van der Waals surface area contributed by atoms with E-state index in [1.54, 1.807) is 12.1 Å². The monoisotopic (exact) mass is 250 g/mol. The highest BCUT2D eigenvalue weighted by Crippen LogP contribution is 2.24. The second-order valence-corrected chi connectivity index (χ2v) is 5.63. The number of benzene rings is 1. The molecule has 2 N–H and O–H groups in total. The quantitative estimate of drug-likeness (QED) is 0.890. The minimum atomic E-state index is -0.197. The Morgan fingerprint density at radius 1 is 1.28 bits per heavy atom. The van der Waals surface area contributed by atoms with Crippen LogP contribution in [0.5, 0.6) is 0 Å². The minimum absolute atomic E-state index is 0.187. The topological polar surface area (TPSA) is 29.3 Å². The molecule has 1 heterocycles. The van der Waals surface area contributed by atoms with E-state index < -0.39 is 0 Å². The van der Waals surface area contributed by atoms with E-state index >= 15 is 0 Å². The third kappa shape index (κ3) is 3.09. The molecule has 1 aromatic rings. The van der Waals surface area contributed by atoms with Gasteiger partial charge in [-0.25, -0.2) is 4.39 Å². The third-order valence-corrected chi connectivity index (χ3v) is 4.12. The molecule has 1 fully saturated rings. The highest BCUT2D eigenvalue weighted by atomic mass is 19.1. The van der Waals surface area contributed by atoms with E-state index in [1.165, 1.54) is 6.07 Å². The van der Waals surface area contributed by atoms with Gasteiger partial charge in [-0.2, -0.15) is 0 Å². The largest absolute Gasteiger partial charge is 0.324 e. The zero-order valence-electron chi connectivity index (χ0n) is 11.3. The maximum atomic E-state index is 13.6. The molecule has 2 nitrogen and oxygen atoms in total. The Morgan fingerprint density at radius 2 is 1.89 bits per heavy atom. The van der Waals surface area contributed by atoms with Crippen LogP contribution in [-0.2, 0) is 0 Å². The molecular formula is C15H23FN2. The standard InChI is InChI=1S/C15H23FN2/c1-11-9-18(10-12(11)2)8-7-15(17)13-5-3-4-6-14(13)16/h3-6,11-12,15H,7-10,17H2,1-2H3. The molecule has 1 aromatic carbocycles. The first-order valence-electron chi connectivity index (χ1n) is 6.80. The van der Waals surface area contributed by atoms with Crippen LogP contribution in [0.4, 0.5) is 4.39 Å². The number of hydrogen-bond acceptors (Lipinski definition) is 2. The van der Waals surface area contributed by atoms with E-state index in [-0.39, 0.29) is 11.9 Å². The van der Waals surface area contributed by atoms with Gasteiger partial charge in [0.15, 0.2) is 0 Å². The Bertz CT molecular complexity index is 384. The van der Waals surface area contributed by atoms with Gasteiger partial charge in [0.2, 0.25) is 0 Å². The molecule has 0 saturated carbocycles. The summed E-state index contributed by atoms with van der Waals surface area (Å²) in [6, 6.07) is 6.62. The number of rotatable bonds is 4. The average Bonchev–Trinajstić information content (AvgIpc) is 2.66. The van der Waals surface area contributed by atoms with Crippen molar-refractivity contribution in [1.82, 2.24) is 4.90 Å². The molecule has 0 bridgehead atoms. The zero-order valence-corrected chi connectivity index (χ0v) is 11.3. The highest BCUT2D eigenvalue weighted by Gasteiger charge is 2.26. The molecular weight excluding hydrogens is 227 g/mol. The lowest BCUT2D eigenvalue weighted by Crippen LogP contribution is -2.26. The van der Waals surface area contributed by atoms with Gasteiger partial charge in [-0.1, -0.05) is 32.0 Å². The van der Waals surface area contributed by atoms with Crippen LogP contribution in [0.2, 0.25) is 0 Å². The third-order valence-electron chi connectivity index (χ3n) is 4.12. The fourth-order valence-electron chi connectivity index (χ4n) is 2.68. The zero-order chi connectivity index (χ0) is 13.1. The van der Waals surface area contributed by atoms with Gasteiger partial charge in [-0.05, 0) is 30.9 Å².